The van der Waals surface area contributed by atoms with Crippen molar-refractivity contribution in [1.29, 1.82) is 0 Å². The van der Waals surface area contributed by atoms with E-state index in [-0.39, 0.29) is 0 Å². The van der Waals surface area contributed by atoms with Gasteiger partial charge < -0.3 is 10.2 Å². The molecule has 1 aromatic rings. The number of nitrogens with one attached hydrogen (secondary N) is 1. The molecule has 1 aromatic carbocycles. The number of anilines is 1. The van der Waals surface area contributed by atoms with Crippen LogP contribution >= 0.6 is 43.5 Å². The molecule has 18 heavy (non-hydrogen) atoms. The Labute approximate surface area is 130 Å². The van der Waals surface area contributed by atoms with Gasteiger partial charge in [-0.15, -0.1) is 0 Å². The molecule has 0 amide bonds. The fourth-order valence-electron chi connectivity index (χ4n) is 2.33. The maximum absolute atomic E-state index is 6.00. The first kappa shape index (κ1) is 14.6. The van der Waals surface area contributed by atoms with Crippen LogP contribution in [-0.4, -0.2) is 31.1 Å². The van der Waals surface area contributed by atoms with Crippen molar-refractivity contribution in [3.05, 3.63) is 26.1 Å². The fourth-order valence-corrected chi connectivity index (χ4v) is 4.28. The summed E-state index contributed by atoms with van der Waals surface area (Å²) >= 11 is 13.1. The van der Waals surface area contributed by atoms with E-state index in [2.05, 4.69) is 49.1 Å². The monoisotopic (exact) mass is 394 g/mol. The van der Waals surface area contributed by atoms with E-state index in [1.165, 1.54) is 25.8 Å². The van der Waals surface area contributed by atoms with Gasteiger partial charge in [0.1, 0.15) is 0 Å². The molecule has 1 aliphatic heterocycles. The van der Waals surface area contributed by atoms with E-state index >= 15 is 0 Å². The second kappa shape index (κ2) is 6.60. The summed E-state index contributed by atoms with van der Waals surface area (Å²) in [5.74, 6) is 0. The van der Waals surface area contributed by atoms with Crippen LogP contribution in [0.1, 0.15) is 19.3 Å². The van der Waals surface area contributed by atoms with E-state index in [9.17, 15) is 0 Å². The molecule has 1 fully saturated rings. The molecule has 0 aliphatic carbocycles. The summed E-state index contributed by atoms with van der Waals surface area (Å²) in [5, 5.41) is 4.25. The minimum atomic E-state index is 0.619. The predicted molar refractivity (Wildman–Crippen MR) is 85.6 cm³/mol. The van der Waals surface area contributed by atoms with E-state index in [1.54, 1.807) is 0 Å². The normalized spacial score (nSPS) is 21.0. The molecule has 1 unspecified atom stereocenters. The lowest BCUT2D eigenvalue weighted by Gasteiger charge is -2.33. The molecule has 0 radical (unpaired) electrons. The van der Waals surface area contributed by atoms with Gasteiger partial charge in [-0.3, -0.25) is 0 Å². The number of piperidine rings is 1. The molecule has 0 aromatic heterocycles. The van der Waals surface area contributed by atoms with Crippen molar-refractivity contribution in [1.82, 2.24) is 4.90 Å². The third kappa shape index (κ3) is 3.62. The van der Waals surface area contributed by atoms with Crippen molar-refractivity contribution in [3.63, 3.8) is 0 Å². The van der Waals surface area contributed by atoms with Gasteiger partial charge in [0.2, 0.25) is 0 Å². The van der Waals surface area contributed by atoms with Gasteiger partial charge in [0.05, 0.1) is 5.69 Å². The Kier molecular flexibility index (Phi) is 5.36. The van der Waals surface area contributed by atoms with E-state index in [0.717, 1.165) is 26.2 Å². The Balaban J connectivity index is 2.01. The minimum Gasteiger partial charge on any atom is -0.382 e. The molecule has 0 bridgehead atoms. The minimum absolute atomic E-state index is 0.619. The predicted octanol–water partition coefficient (Wildman–Crippen LogP) is 4.76. The average Bonchev–Trinajstić information content (AvgIpc) is 2.30. The maximum atomic E-state index is 6.00. The number of hydrogen-bond donors (Lipinski definition) is 1. The smallest absolute Gasteiger partial charge is 0.0630 e. The molecule has 1 N–H and O–H groups in total. The van der Waals surface area contributed by atoms with Crippen molar-refractivity contribution in [2.75, 3.05) is 25.5 Å². The van der Waals surface area contributed by atoms with Gasteiger partial charge >= 0.3 is 0 Å². The van der Waals surface area contributed by atoms with Crippen LogP contribution in [0.3, 0.4) is 0 Å². The molecular formula is C13H17Br2ClN2. The number of hydrogen-bond acceptors (Lipinski definition) is 2. The van der Waals surface area contributed by atoms with Crippen molar-refractivity contribution in [2.24, 2.45) is 0 Å². The van der Waals surface area contributed by atoms with Crippen LogP contribution < -0.4 is 5.32 Å². The average molecular weight is 397 g/mol. The van der Waals surface area contributed by atoms with Crippen molar-refractivity contribution in [3.8, 4) is 0 Å². The van der Waals surface area contributed by atoms with Crippen LogP contribution in [0.25, 0.3) is 0 Å². The zero-order valence-corrected chi connectivity index (χ0v) is 14.3. The summed E-state index contributed by atoms with van der Waals surface area (Å²) in [6, 6.07) is 4.45. The topological polar surface area (TPSA) is 15.3 Å². The number of nitrogens with zero attached hydrogens (tertiary/aromatic N) is 1. The lowest BCUT2D eigenvalue weighted by molar-refractivity contribution is 0.194. The zero-order valence-electron chi connectivity index (χ0n) is 10.3. The molecule has 100 valence electrons. The SMILES string of the molecule is CN1CCCCC1CNc1c(Br)cc(Cl)cc1Br. The molecule has 2 rings (SSSR count). The highest BCUT2D eigenvalue weighted by atomic mass is 79.9. The Morgan fingerprint density at radius 2 is 2.00 bits per heavy atom. The molecule has 0 spiro atoms. The molecule has 1 aliphatic rings. The lowest BCUT2D eigenvalue weighted by Crippen LogP contribution is -2.40. The Bertz CT molecular complexity index is 402. The first-order valence-corrected chi connectivity index (χ1v) is 8.13. The molecule has 0 saturated carbocycles. The Hall–Kier alpha value is 0.230. The highest BCUT2D eigenvalue weighted by Gasteiger charge is 2.19. The maximum Gasteiger partial charge on any atom is 0.0630 e. The molecule has 5 heteroatoms. The Morgan fingerprint density at radius 1 is 1.33 bits per heavy atom. The first-order chi connectivity index (χ1) is 8.58. The quantitative estimate of drug-likeness (QED) is 0.792. The highest BCUT2D eigenvalue weighted by molar-refractivity contribution is 9.11. The molecule has 1 atom stereocenters. The summed E-state index contributed by atoms with van der Waals surface area (Å²) < 4.78 is 2.00. The first-order valence-electron chi connectivity index (χ1n) is 6.16. The molecule has 2 nitrogen and oxygen atoms in total. The molecule has 1 heterocycles. The second-order valence-corrected chi connectivity index (χ2v) is 6.90. The van der Waals surface area contributed by atoms with Crippen LogP contribution in [-0.2, 0) is 0 Å². The standard InChI is InChI=1S/C13H17Br2ClN2/c1-18-5-3-2-4-10(18)8-17-13-11(14)6-9(16)7-12(13)15/h6-7,10,17H,2-5,8H2,1H3. The van der Waals surface area contributed by atoms with E-state index in [4.69, 9.17) is 11.6 Å². The van der Waals surface area contributed by atoms with E-state index < -0.39 is 0 Å². The van der Waals surface area contributed by atoms with Crippen LogP contribution in [0.15, 0.2) is 21.1 Å². The summed E-state index contributed by atoms with van der Waals surface area (Å²) in [4.78, 5) is 2.44. The summed E-state index contributed by atoms with van der Waals surface area (Å²) in [7, 11) is 2.21. The van der Waals surface area contributed by atoms with Gasteiger partial charge in [0, 0.05) is 26.6 Å². The second-order valence-electron chi connectivity index (χ2n) is 4.76. The van der Waals surface area contributed by atoms with Gasteiger partial charge in [0.25, 0.3) is 0 Å². The molecule has 1 saturated heterocycles. The Morgan fingerprint density at radius 3 is 2.61 bits per heavy atom. The van der Waals surface area contributed by atoms with Crippen molar-refractivity contribution < 1.29 is 0 Å². The zero-order chi connectivity index (χ0) is 13.1. The van der Waals surface area contributed by atoms with E-state index in [1.807, 2.05) is 12.1 Å². The number of benzene rings is 1. The van der Waals surface area contributed by atoms with Crippen LogP contribution in [0.4, 0.5) is 5.69 Å². The lowest BCUT2D eigenvalue weighted by atomic mass is 10.0. The van der Waals surface area contributed by atoms with Crippen LogP contribution in [0.2, 0.25) is 5.02 Å². The summed E-state index contributed by atoms with van der Waals surface area (Å²) in [5.41, 5.74) is 1.08. The largest absolute Gasteiger partial charge is 0.382 e. The van der Waals surface area contributed by atoms with Gasteiger partial charge in [-0.05, 0) is 70.4 Å². The number of halogens is 3. The number of likely N-dealkylation sites (tertiary alicyclic amines) is 1. The summed E-state index contributed by atoms with van der Waals surface area (Å²) in [6.07, 6.45) is 3.92. The van der Waals surface area contributed by atoms with Crippen LogP contribution in [0, 0.1) is 0 Å². The van der Waals surface area contributed by atoms with Crippen molar-refractivity contribution in [2.45, 2.75) is 25.3 Å². The fraction of sp³-hybridized carbons (Fsp3) is 0.538. The third-order valence-electron chi connectivity index (χ3n) is 3.44. The van der Waals surface area contributed by atoms with Gasteiger partial charge in [-0.1, -0.05) is 18.0 Å². The van der Waals surface area contributed by atoms with Gasteiger partial charge in [0.15, 0.2) is 0 Å². The van der Waals surface area contributed by atoms with Gasteiger partial charge in [-0.2, -0.15) is 0 Å². The van der Waals surface area contributed by atoms with Gasteiger partial charge in [-0.25, -0.2) is 0 Å². The number of rotatable bonds is 3. The third-order valence-corrected chi connectivity index (χ3v) is 4.91. The van der Waals surface area contributed by atoms with Crippen LogP contribution in [0.5, 0.6) is 0 Å². The van der Waals surface area contributed by atoms with E-state index in [0.29, 0.717) is 6.04 Å². The number of likely N-dealkylation sites (N-methyl/N-ethyl adjacent to an activating group) is 1. The summed E-state index contributed by atoms with van der Waals surface area (Å²) in [6.45, 7) is 2.17. The van der Waals surface area contributed by atoms with Crippen molar-refractivity contribution >= 4 is 49.1 Å². The highest BCUT2D eigenvalue weighted by Crippen LogP contribution is 2.34. The molecular weight excluding hydrogens is 379 g/mol.